The molecular formula is C18H18BrF. The molecule has 0 heterocycles. The topological polar surface area (TPSA) is 0 Å². The zero-order valence-electron chi connectivity index (χ0n) is 11.5. The van der Waals surface area contributed by atoms with E-state index in [4.69, 9.17) is 0 Å². The molecule has 2 aromatic carbocycles. The lowest BCUT2D eigenvalue weighted by molar-refractivity contribution is 0.474. The van der Waals surface area contributed by atoms with Gasteiger partial charge in [-0.3, -0.25) is 0 Å². The fourth-order valence-electron chi connectivity index (χ4n) is 2.03. The first kappa shape index (κ1) is 15.0. The van der Waals surface area contributed by atoms with E-state index in [9.17, 15) is 4.39 Å². The van der Waals surface area contributed by atoms with Gasteiger partial charge >= 0.3 is 0 Å². The van der Waals surface area contributed by atoms with Crippen LogP contribution in [0.1, 0.15) is 24.5 Å². The number of aryl methyl sites for hydroxylation is 1. The molecule has 0 nitrogen and oxygen atoms in total. The minimum atomic E-state index is -0.0566. The van der Waals surface area contributed by atoms with Crippen molar-refractivity contribution in [2.24, 2.45) is 5.92 Å². The Morgan fingerprint density at radius 1 is 1.10 bits per heavy atom. The molecule has 1 unspecified atom stereocenters. The fourth-order valence-corrected chi connectivity index (χ4v) is 2.29. The van der Waals surface area contributed by atoms with Gasteiger partial charge in [0.05, 0.1) is 0 Å². The van der Waals surface area contributed by atoms with Crippen LogP contribution in [0.4, 0.5) is 4.39 Å². The van der Waals surface area contributed by atoms with Gasteiger partial charge < -0.3 is 0 Å². The van der Waals surface area contributed by atoms with Gasteiger partial charge in [0.25, 0.3) is 0 Å². The molecule has 104 valence electrons. The average Bonchev–Trinajstić information content (AvgIpc) is 2.48. The monoisotopic (exact) mass is 332 g/mol. The van der Waals surface area contributed by atoms with Crippen LogP contribution in [0.5, 0.6) is 0 Å². The Labute approximate surface area is 128 Å². The lowest BCUT2D eigenvalue weighted by Crippen LogP contribution is -1.98. The van der Waals surface area contributed by atoms with Gasteiger partial charge in [-0.1, -0.05) is 65.3 Å². The number of benzene rings is 2. The summed E-state index contributed by atoms with van der Waals surface area (Å²) in [7, 11) is 0. The summed E-state index contributed by atoms with van der Waals surface area (Å²) in [4.78, 5) is 0. The van der Waals surface area contributed by atoms with Gasteiger partial charge in [-0.05, 0) is 42.2 Å². The Balaban J connectivity index is 1.94. The summed E-state index contributed by atoms with van der Waals surface area (Å²) >= 11 is 3.38. The number of hydrogen-bond donors (Lipinski definition) is 0. The largest absolute Gasteiger partial charge is 0.212 e. The molecule has 2 aromatic rings. The highest BCUT2D eigenvalue weighted by atomic mass is 79.9. The molecule has 0 aromatic heterocycles. The van der Waals surface area contributed by atoms with Crippen LogP contribution >= 0.6 is 15.9 Å². The average molecular weight is 333 g/mol. The van der Waals surface area contributed by atoms with E-state index in [-0.39, 0.29) is 11.7 Å². The standard InChI is InChI=1S/C18H18BrF/c1-14(7-8-15-5-3-2-4-6-15)18(20)13-16-9-11-17(19)12-10-16/h2-6,9-14H,7-8H2,1H3/b18-13+. The molecule has 0 spiro atoms. The summed E-state index contributed by atoms with van der Waals surface area (Å²) in [6.45, 7) is 1.94. The lowest BCUT2D eigenvalue weighted by atomic mass is 9.99. The van der Waals surface area contributed by atoms with Gasteiger partial charge in [0.1, 0.15) is 5.83 Å². The first-order valence-electron chi connectivity index (χ1n) is 6.82. The van der Waals surface area contributed by atoms with Crippen LogP contribution in [0.25, 0.3) is 6.08 Å². The highest BCUT2D eigenvalue weighted by molar-refractivity contribution is 9.10. The molecule has 0 radical (unpaired) electrons. The molecule has 0 saturated carbocycles. The third-order valence-corrected chi connectivity index (χ3v) is 3.88. The quantitative estimate of drug-likeness (QED) is 0.627. The van der Waals surface area contributed by atoms with E-state index in [2.05, 4.69) is 28.1 Å². The third kappa shape index (κ3) is 4.61. The summed E-state index contributed by atoms with van der Waals surface area (Å²) in [6.07, 6.45) is 3.36. The zero-order chi connectivity index (χ0) is 14.4. The van der Waals surface area contributed by atoms with E-state index in [1.165, 1.54) is 5.56 Å². The molecule has 0 aliphatic heterocycles. The summed E-state index contributed by atoms with van der Waals surface area (Å²) in [5.74, 6) is -0.109. The lowest BCUT2D eigenvalue weighted by Gasteiger charge is -2.09. The van der Waals surface area contributed by atoms with Gasteiger partial charge in [-0.25, -0.2) is 4.39 Å². The predicted octanol–water partition coefficient (Wildman–Crippen LogP) is 6.03. The second-order valence-electron chi connectivity index (χ2n) is 5.01. The maximum Gasteiger partial charge on any atom is 0.103 e. The van der Waals surface area contributed by atoms with Gasteiger partial charge in [0, 0.05) is 10.4 Å². The van der Waals surface area contributed by atoms with E-state index < -0.39 is 0 Å². The van der Waals surface area contributed by atoms with Crippen molar-refractivity contribution in [3.8, 4) is 0 Å². The van der Waals surface area contributed by atoms with Crippen molar-refractivity contribution in [1.29, 1.82) is 0 Å². The summed E-state index contributed by atoms with van der Waals surface area (Å²) < 4.78 is 15.1. The van der Waals surface area contributed by atoms with Crippen LogP contribution in [-0.2, 0) is 6.42 Å². The predicted molar refractivity (Wildman–Crippen MR) is 87.2 cm³/mol. The maximum atomic E-state index is 14.1. The van der Waals surface area contributed by atoms with Crippen LogP contribution < -0.4 is 0 Å². The summed E-state index contributed by atoms with van der Waals surface area (Å²) in [5.41, 5.74) is 2.16. The van der Waals surface area contributed by atoms with Crippen molar-refractivity contribution >= 4 is 22.0 Å². The Hall–Kier alpha value is -1.41. The van der Waals surface area contributed by atoms with Crippen molar-refractivity contribution in [3.05, 3.63) is 76.0 Å². The van der Waals surface area contributed by atoms with Gasteiger partial charge in [0.15, 0.2) is 0 Å². The molecule has 0 N–H and O–H groups in total. The minimum absolute atomic E-state index is 0.0525. The van der Waals surface area contributed by atoms with Crippen molar-refractivity contribution in [2.45, 2.75) is 19.8 Å². The van der Waals surface area contributed by atoms with E-state index >= 15 is 0 Å². The highest BCUT2D eigenvalue weighted by Crippen LogP contribution is 2.22. The zero-order valence-corrected chi connectivity index (χ0v) is 13.1. The molecule has 20 heavy (non-hydrogen) atoms. The first-order valence-corrected chi connectivity index (χ1v) is 7.61. The second kappa shape index (κ2) is 7.39. The minimum Gasteiger partial charge on any atom is -0.212 e. The molecule has 0 saturated heterocycles. The van der Waals surface area contributed by atoms with Crippen LogP contribution in [0.3, 0.4) is 0 Å². The number of hydrogen-bond acceptors (Lipinski definition) is 0. The molecule has 1 atom stereocenters. The molecule has 0 aliphatic carbocycles. The summed E-state index contributed by atoms with van der Waals surface area (Å²) in [5, 5.41) is 0. The van der Waals surface area contributed by atoms with Crippen LogP contribution in [0.2, 0.25) is 0 Å². The van der Waals surface area contributed by atoms with Gasteiger partial charge in [-0.15, -0.1) is 0 Å². The van der Waals surface area contributed by atoms with Crippen molar-refractivity contribution in [1.82, 2.24) is 0 Å². The Kier molecular flexibility index (Phi) is 5.54. The Bertz CT molecular complexity index is 558. The van der Waals surface area contributed by atoms with Gasteiger partial charge in [0.2, 0.25) is 0 Å². The van der Waals surface area contributed by atoms with Crippen LogP contribution in [0, 0.1) is 5.92 Å². The number of rotatable bonds is 5. The fraction of sp³-hybridized carbons (Fsp3) is 0.222. The molecule has 2 rings (SSSR count). The molecular weight excluding hydrogens is 315 g/mol. The highest BCUT2D eigenvalue weighted by Gasteiger charge is 2.08. The maximum absolute atomic E-state index is 14.1. The Morgan fingerprint density at radius 3 is 2.40 bits per heavy atom. The normalized spacial score (nSPS) is 13.2. The van der Waals surface area contributed by atoms with Crippen molar-refractivity contribution in [2.75, 3.05) is 0 Å². The molecule has 0 fully saturated rings. The summed E-state index contributed by atoms with van der Waals surface area (Å²) in [6, 6.07) is 17.9. The SMILES string of the molecule is CC(CCc1ccccc1)/C(F)=C\c1ccc(Br)cc1. The first-order chi connectivity index (χ1) is 9.65. The number of halogens is 2. The van der Waals surface area contributed by atoms with E-state index in [1.807, 2.05) is 49.4 Å². The second-order valence-corrected chi connectivity index (χ2v) is 5.92. The Morgan fingerprint density at radius 2 is 1.75 bits per heavy atom. The molecule has 0 bridgehead atoms. The van der Waals surface area contributed by atoms with Crippen LogP contribution in [-0.4, -0.2) is 0 Å². The van der Waals surface area contributed by atoms with Gasteiger partial charge in [-0.2, -0.15) is 0 Å². The molecule has 0 amide bonds. The van der Waals surface area contributed by atoms with Crippen molar-refractivity contribution < 1.29 is 4.39 Å². The number of allylic oxidation sites excluding steroid dienone is 1. The van der Waals surface area contributed by atoms with Crippen molar-refractivity contribution in [3.63, 3.8) is 0 Å². The third-order valence-electron chi connectivity index (χ3n) is 3.35. The molecule has 0 aliphatic rings. The van der Waals surface area contributed by atoms with Crippen LogP contribution in [0.15, 0.2) is 64.9 Å². The molecule has 2 heteroatoms. The van der Waals surface area contributed by atoms with E-state index in [0.29, 0.717) is 0 Å². The van der Waals surface area contributed by atoms with E-state index in [1.54, 1.807) is 6.08 Å². The van der Waals surface area contributed by atoms with E-state index in [0.717, 1.165) is 22.9 Å². The smallest absolute Gasteiger partial charge is 0.103 e.